The van der Waals surface area contributed by atoms with Crippen LogP contribution in [0.3, 0.4) is 0 Å². The molecule has 3 rings (SSSR count). The monoisotopic (exact) mass is 321 g/mol. The van der Waals surface area contributed by atoms with E-state index in [-0.39, 0.29) is 17.7 Å². The summed E-state index contributed by atoms with van der Waals surface area (Å²) in [5, 5.41) is 0.742. The maximum absolute atomic E-state index is 12.4. The molecule has 0 bridgehead atoms. The summed E-state index contributed by atoms with van der Waals surface area (Å²) in [4.78, 5) is 24.5. The fourth-order valence-corrected chi connectivity index (χ4v) is 4.02. The van der Waals surface area contributed by atoms with E-state index < -0.39 is 0 Å². The number of H-pyrrole nitrogens is 1. The summed E-state index contributed by atoms with van der Waals surface area (Å²) in [6.45, 7) is 10.8. The third kappa shape index (κ3) is 2.71. The molecule has 1 aliphatic rings. The molecular weight excluding hydrogens is 298 g/mol. The number of rotatable bonds is 3. The molecule has 2 unspecified atom stereocenters. The molecule has 22 heavy (non-hydrogen) atoms. The van der Waals surface area contributed by atoms with E-state index in [2.05, 4.69) is 23.7 Å². The van der Waals surface area contributed by atoms with Crippen LogP contribution in [0.1, 0.15) is 42.6 Å². The van der Waals surface area contributed by atoms with Crippen molar-refractivity contribution in [1.82, 2.24) is 14.9 Å². The van der Waals surface area contributed by atoms with E-state index in [4.69, 9.17) is 9.72 Å². The summed E-state index contributed by atoms with van der Waals surface area (Å²) in [7, 11) is 0. The van der Waals surface area contributed by atoms with Crippen LogP contribution in [-0.2, 0) is 4.74 Å². The highest BCUT2D eigenvalue weighted by Gasteiger charge is 2.26. The third-order valence-electron chi connectivity index (χ3n) is 4.63. The molecule has 0 saturated carbocycles. The second-order valence-corrected chi connectivity index (χ2v) is 7.19. The lowest BCUT2D eigenvalue weighted by Gasteiger charge is -2.36. The Morgan fingerprint density at radius 3 is 3.00 bits per heavy atom. The van der Waals surface area contributed by atoms with Crippen LogP contribution in [0.4, 0.5) is 0 Å². The number of aromatic nitrogens is 2. The van der Waals surface area contributed by atoms with Gasteiger partial charge in [-0.1, -0.05) is 6.92 Å². The largest absolute Gasteiger partial charge is 0.376 e. The van der Waals surface area contributed by atoms with Gasteiger partial charge in [-0.2, -0.15) is 0 Å². The normalized spacial score (nSPS) is 21.4. The van der Waals surface area contributed by atoms with E-state index in [1.54, 1.807) is 11.3 Å². The number of hydrogen-bond acceptors (Lipinski definition) is 5. The summed E-state index contributed by atoms with van der Waals surface area (Å²) >= 11 is 1.60. The second-order valence-electron chi connectivity index (χ2n) is 5.99. The van der Waals surface area contributed by atoms with Crippen LogP contribution in [0.25, 0.3) is 10.2 Å². The first-order valence-electron chi connectivity index (χ1n) is 7.86. The van der Waals surface area contributed by atoms with E-state index in [0.29, 0.717) is 0 Å². The zero-order chi connectivity index (χ0) is 15.9. The molecule has 0 aromatic carbocycles. The van der Waals surface area contributed by atoms with Crippen molar-refractivity contribution in [2.75, 3.05) is 19.7 Å². The fraction of sp³-hybridized carbons (Fsp3) is 0.625. The number of hydrogen-bond donors (Lipinski definition) is 1. The van der Waals surface area contributed by atoms with Gasteiger partial charge in [0.2, 0.25) is 0 Å². The van der Waals surface area contributed by atoms with Gasteiger partial charge in [0.15, 0.2) is 0 Å². The second kappa shape index (κ2) is 6.10. The number of thiophene rings is 1. The van der Waals surface area contributed by atoms with Crippen LogP contribution in [0.15, 0.2) is 4.79 Å². The Hall–Kier alpha value is -1.24. The molecule has 6 heteroatoms. The van der Waals surface area contributed by atoms with Gasteiger partial charge >= 0.3 is 0 Å². The minimum absolute atomic E-state index is 0.0194. The SMILES string of the molecule is CCC1CN(C(C)c2nc3sc(C)c(C)c3c(=O)[nH]2)CCO1. The molecule has 5 nitrogen and oxygen atoms in total. The molecule has 1 fully saturated rings. The summed E-state index contributed by atoms with van der Waals surface area (Å²) in [6.07, 6.45) is 1.29. The number of ether oxygens (including phenoxy) is 1. The predicted octanol–water partition coefficient (Wildman–Crippen LogP) is 2.77. The smallest absolute Gasteiger partial charge is 0.259 e. The van der Waals surface area contributed by atoms with Gasteiger partial charge in [0.05, 0.1) is 24.1 Å². The zero-order valence-electron chi connectivity index (χ0n) is 13.6. The maximum atomic E-state index is 12.4. The van der Waals surface area contributed by atoms with E-state index in [1.807, 2.05) is 13.8 Å². The summed E-state index contributed by atoms with van der Waals surface area (Å²) in [5.41, 5.74) is 1.03. The first-order valence-corrected chi connectivity index (χ1v) is 8.68. The van der Waals surface area contributed by atoms with Crippen molar-refractivity contribution in [3.05, 3.63) is 26.6 Å². The van der Waals surface area contributed by atoms with Crippen molar-refractivity contribution in [3.63, 3.8) is 0 Å². The van der Waals surface area contributed by atoms with Crippen molar-refractivity contribution < 1.29 is 4.74 Å². The Labute approximate surface area is 134 Å². The topological polar surface area (TPSA) is 58.2 Å². The van der Waals surface area contributed by atoms with Crippen LogP contribution < -0.4 is 5.56 Å². The van der Waals surface area contributed by atoms with Crippen molar-refractivity contribution in [2.24, 2.45) is 0 Å². The van der Waals surface area contributed by atoms with Crippen molar-refractivity contribution in [1.29, 1.82) is 0 Å². The van der Waals surface area contributed by atoms with E-state index >= 15 is 0 Å². The van der Waals surface area contributed by atoms with E-state index in [1.165, 1.54) is 0 Å². The molecule has 0 aliphatic carbocycles. The van der Waals surface area contributed by atoms with Gasteiger partial charge in [0, 0.05) is 18.0 Å². The van der Waals surface area contributed by atoms with Crippen LogP contribution in [0.5, 0.6) is 0 Å². The van der Waals surface area contributed by atoms with Gasteiger partial charge in [-0.05, 0) is 32.8 Å². The van der Waals surface area contributed by atoms with E-state index in [9.17, 15) is 4.79 Å². The minimum atomic E-state index is -0.0194. The van der Waals surface area contributed by atoms with Crippen molar-refractivity contribution >= 4 is 21.6 Å². The standard InChI is InChI=1S/C16H23N3O2S/c1-5-12-8-19(6-7-21-12)10(3)14-17-15(20)13-9(2)11(4)22-16(13)18-14/h10,12H,5-8H2,1-4H3,(H,17,18,20). The molecule has 0 amide bonds. The number of fused-ring (bicyclic) bond motifs is 1. The molecule has 0 spiro atoms. The highest BCUT2D eigenvalue weighted by Crippen LogP contribution is 2.28. The Morgan fingerprint density at radius 2 is 2.27 bits per heavy atom. The maximum Gasteiger partial charge on any atom is 0.259 e. The molecule has 2 atom stereocenters. The zero-order valence-corrected chi connectivity index (χ0v) is 14.4. The van der Waals surface area contributed by atoms with Crippen LogP contribution in [0.2, 0.25) is 0 Å². The lowest BCUT2D eigenvalue weighted by Crippen LogP contribution is -2.43. The highest BCUT2D eigenvalue weighted by molar-refractivity contribution is 7.18. The number of nitrogens with zero attached hydrogens (tertiary/aromatic N) is 2. The van der Waals surface area contributed by atoms with Crippen LogP contribution >= 0.6 is 11.3 Å². The molecule has 1 aliphatic heterocycles. The molecule has 3 heterocycles. The van der Waals surface area contributed by atoms with E-state index in [0.717, 1.165) is 52.6 Å². The van der Waals surface area contributed by atoms with Crippen LogP contribution in [0, 0.1) is 13.8 Å². The Morgan fingerprint density at radius 1 is 1.50 bits per heavy atom. The van der Waals surface area contributed by atoms with Crippen LogP contribution in [-0.4, -0.2) is 40.7 Å². The lowest BCUT2D eigenvalue weighted by atomic mass is 10.1. The predicted molar refractivity (Wildman–Crippen MR) is 89.7 cm³/mol. The Balaban J connectivity index is 1.94. The molecule has 120 valence electrons. The van der Waals surface area contributed by atoms with Gasteiger partial charge in [-0.3, -0.25) is 9.69 Å². The van der Waals surface area contributed by atoms with Gasteiger partial charge in [0.25, 0.3) is 5.56 Å². The molecule has 2 aromatic heterocycles. The number of morpholine rings is 1. The minimum Gasteiger partial charge on any atom is -0.376 e. The molecule has 1 saturated heterocycles. The molecule has 2 aromatic rings. The fourth-order valence-electron chi connectivity index (χ4n) is 2.98. The summed E-state index contributed by atoms with van der Waals surface area (Å²) in [5.74, 6) is 0.760. The third-order valence-corrected chi connectivity index (χ3v) is 5.73. The Kier molecular flexibility index (Phi) is 4.34. The van der Waals surface area contributed by atoms with Crippen molar-refractivity contribution in [2.45, 2.75) is 46.3 Å². The van der Waals surface area contributed by atoms with Gasteiger partial charge in [-0.15, -0.1) is 11.3 Å². The number of aryl methyl sites for hydroxylation is 2. The van der Waals surface area contributed by atoms with Crippen molar-refractivity contribution in [3.8, 4) is 0 Å². The molecular formula is C16H23N3O2S. The average Bonchev–Trinajstić information content (AvgIpc) is 2.81. The van der Waals surface area contributed by atoms with Gasteiger partial charge in [0.1, 0.15) is 10.7 Å². The molecule has 0 radical (unpaired) electrons. The number of nitrogens with one attached hydrogen (secondary N) is 1. The van der Waals surface area contributed by atoms with Gasteiger partial charge < -0.3 is 9.72 Å². The highest BCUT2D eigenvalue weighted by atomic mass is 32.1. The first kappa shape index (κ1) is 15.6. The van der Waals surface area contributed by atoms with Gasteiger partial charge in [-0.25, -0.2) is 4.98 Å². The molecule has 1 N–H and O–H groups in total. The summed E-state index contributed by atoms with van der Waals surface area (Å²) < 4.78 is 5.72. The summed E-state index contributed by atoms with van der Waals surface area (Å²) in [6, 6.07) is 0.0952. The lowest BCUT2D eigenvalue weighted by molar-refractivity contribution is -0.0435. The first-order chi connectivity index (χ1) is 10.5. The average molecular weight is 321 g/mol. The Bertz CT molecular complexity index is 737. The number of aromatic amines is 1. The quantitative estimate of drug-likeness (QED) is 0.944.